The van der Waals surface area contributed by atoms with Gasteiger partial charge in [0, 0.05) is 11.3 Å². The van der Waals surface area contributed by atoms with Gasteiger partial charge >= 0.3 is 6.18 Å². The van der Waals surface area contributed by atoms with Crippen LogP contribution >= 0.6 is 11.8 Å². The molecule has 2 nitrogen and oxygen atoms in total. The predicted molar refractivity (Wildman–Crippen MR) is 88.5 cm³/mol. The lowest BCUT2D eigenvalue weighted by Gasteiger charge is -2.08. The van der Waals surface area contributed by atoms with Gasteiger partial charge in [-0.15, -0.1) is 10.2 Å². The van der Waals surface area contributed by atoms with E-state index in [0.29, 0.717) is 16.3 Å². The Morgan fingerprint density at radius 1 is 0.833 bits per heavy atom. The Hall–Kier alpha value is -2.34. The van der Waals surface area contributed by atoms with Crippen LogP contribution in [0.1, 0.15) is 11.1 Å². The number of halogens is 3. The number of aromatic nitrogens is 2. The highest BCUT2D eigenvalue weighted by Gasteiger charge is 2.30. The first-order valence-electron chi connectivity index (χ1n) is 7.20. The molecule has 2 aromatic carbocycles. The van der Waals surface area contributed by atoms with Crippen molar-refractivity contribution < 1.29 is 13.2 Å². The number of alkyl halides is 3. The van der Waals surface area contributed by atoms with Gasteiger partial charge in [0.1, 0.15) is 5.03 Å². The minimum atomic E-state index is -4.32. The SMILES string of the molecule is FC(F)(F)c1cccc(CSc2ccc(-c3ccccc3)nn2)c1. The third-order valence-electron chi connectivity index (χ3n) is 3.35. The fourth-order valence-corrected chi connectivity index (χ4v) is 2.91. The van der Waals surface area contributed by atoms with Crippen LogP contribution in [0.2, 0.25) is 0 Å². The summed E-state index contributed by atoms with van der Waals surface area (Å²) in [6, 6.07) is 18.7. The maximum Gasteiger partial charge on any atom is 0.416 e. The van der Waals surface area contributed by atoms with Gasteiger partial charge in [0.25, 0.3) is 0 Å². The molecule has 0 N–H and O–H groups in total. The molecule has 1 aromatic heterocycles. The highest BCUT2D eigenvalue weighted by molar-refractivity contribution is 7.98. The van der Waals surface area contributed by atoms with Gasteiger partial charge in [-0.3, -0.25) is 0 Å². The van der Waals surface area contributed by atoms with E-state index in [9.17, 15) is 13.2 Å². The van der Waals surface area contributed by atoms with Crippen molar-refractivity contribution in [3.8, 4) is 11.3 Å². The zero-order chi connectivity index (χ0) is 17.0. The summed E-state index contributed by atoms with van der Waals surface area (Å²) in [5.41, 5.74) is 1.70. The maximum absolute atomic E-state index is 12.7. The van der Waals surface area contributed by atoms with E-state index in [1.165, 1.54) is 23.9 Å². The molecule has 0 saturated heterocycles. The van der Waals surface area contributed by atoms with Crippen LogP contribution in [0.5, 0.6) is 0 Å². The molecule has 0 atom stereocenters. The fourth-order valence-electron chi connectivity index (χ4n) is 2.15. The first kappa shape index (κ1) is 16.5. The first-order chi connectivity index (χ1) is 11.5. The summed E-state index contributed by atoms with van der Waals surface area (Å²) < 4.78 is 38.1. The van der Waals surface area contributed by atoms with Gasteiger partial charge in [-0.2, -0.15) is 13.2 Å². The van der Waals surface area contributed by atoms with Crippen LogP contribution in [-0.4, -0.2) is 10.2 Å². The Kier molecular flexibility index (Phi) is 4.85. The van der Waals surface area contributed by atoms with E-state index < -0.39 is 11.7 Å². The molecule has 0 bridgehead atoms. The molecule has 0 amide bonds. The molecule has 0 fully saturated rings. The van der Waals surface area contributed by atoms with Crippen LogP contribution in [0.3, 0.4) is 0 Å². The molecule has 6 heteroatoms. The number of hydrogen-bond acceptors (Lipinski definition) is 3. The summed E-state index contributed by atoms with van der Waals surface area (Å²) in [4.78, 5) is 0. The molecule has 0 radical (unpaired) electrons. The van der Waals surface area contributed by atoms with Crippen LogP contribution < -0.4 is 0 Å². The molecule has 122 valence electrons. The van der Waals surface area contributed by atoms with E-state index in [1.54, 1.807) is 6.07 Å². The minimum Gasteiger partial charge on any atom is -0.166 e. The van der Waals surface area contributed by atoms with E-state index in [1.807, 2.05) is 42.5 Å². The normalized spacial score (nSPS) is 11.5. The van der Waals surface area contributed by atoms with Crippen LogP contribution in [0.4, 0.5) is 13.2 Å². The fraction of sp³-hybridized carbons (Fsp3) is 0.111. The van der Waals surface area contributed by atoms with Gasteiger partial charge in [-0.1, -0.05) is 60.3 Å². The third kappa shape index (κ3) is 4.14. The van der Waals surface area contributed by atoms with Gasteiger partial charge in [-0.25, -0.2) is 0 Å². The Bertz CT molecular complexity index is 802. The summed E-state index contributed by atoms with van der Waals surface area (Å²) in [6.45, 7) is 0. The monoisotopic (exact) mass is 346 g/mol. The molecule has 1 heterocycles. The lowest BCUT2D eigenvalue weighted by Crippen LogP contribution is -2.04. The van der Waals surface area contributed by atoms with Crippen LogP contribution in [0.25, 0.3) is 11.3 Å². The molecular formula is C18H13F3N2S. The Morgan fingerprint density at radius 3 is 2.29 bits per heavy atom. The van der Waals surface area contributed by atoms with Gasteiger partial charge in [0.15, 0.2) is 0 Å². The molecule has 0 aliphatic heterocycles. The van der Waals surface area contributed by atoms with E-state index >= 15 is 0 Å². The van der Waals surface area contributed by atoms with E-state index in [0.717, 1.165) is 17.3 Å². The number of benzene rings is 2. The van der Waals surface area contributed by atoms with Crippen molar-refractivity contribution in [3.63, 3.8) is 0 Å². The summed E-state index contributed by atoms with van der Waals surface area (Å²) in [5, 5.41) is 8.97. The quantitative estimate of drug-likeness (QED) is 0.587. The Labute approximate surface area is 141 Å². The van der Waals surface area contributed by atoms with Gasteiger partial charge in [0.05, 0.1) is 11.3 Å². The largest absolute Gasteiger partial charge is 0.416 e. The molecule has 0 unspecified atom stereocenters. The van der Waals surface area contributed by atoms with Gasteiger partial charge in [-0.05, 0) is 23.8 Å². The highest BCUT2D eigenvalue weighted by atomic mass is 32.2. The second-order valence-corrected chi connectivity index (χ2v) is 6.11. The third-order valence-corrected chi connectivity index (χ3v) is 4.34. The number of nitrogens with zero attached hydrogens (tertiary/aromatic N) is 2. The lowest BCUT2D eigenvalue weighted by molar-refractivity contribution is -0.137. The van der Waals surface area contributed by atoms with Gasteiger partial charge in [0.2, 0.25) is 0 Å². The van der Waals surface area contributed by atoms with E-state index in [-0.39, 0.29) is 0 Å². The van der Waals surface area contributed by atoms with Crippen LogP contribution in [0.15, 0.2) is 71.8 Å². The molecule has 0 spiro atoms. The van der Waals surface area contributed by atoms with Crippen molar-refractivity contribution in [3.05, 3.63) is 77.9 Å². The Morgan fingerprint density at radius 2 is 1.62 bits per heavy atom. The topological polar surface area (TPSA) is 25.8 Å². The minimum absolute atomic E-state index is 0.406. The second-order valence-electron chi connectivity index (χ2n) is 5.11. The van der Waals surface area contributed by atoms with Crippen molar-refractivity contribution in [1.82, 2.24) is 10.2 Å². The highest BCUT2D eigenvalue weighted by Crippen LogP contribution is 2.31. The summed E-state index contributed by atoms with van der Waals surface area (Å²) in [5.74, 6) is 0.406. The first-order valence-corrected chi connectivity index (χ1v) is 8.19. The average molecular weight is 346 g/mol. The number of thioether (sulfide) groups is 1. The van der Waals surface area contributed by atoms with Crippen molar-refractivity contribution in [2.24, 2.45) is 0 Å². The summed E-state index contributed by atoms with van der Waals surface area (Å²) in [6.07, 6.45) is -4.32. The molecule has 24 heavy (non-hydrogen) atoms. The lowest BCUT2D eigenvalue weighted by atomic mass is 10.1. The standard InChI is InChI=1S/C18H13F3N2S/c19-18(20,21)15-8-4-5-13(11-15)12-24-17-10-9-16(22-23-17)14-6-2-1-3-7-14/h1-11H,12H2. The zero-order valence-corrected chi connectivity index (χ0v) is 13.3. The molecule has 0 aliphatic rings. The van der Waals surface area contributed by atoms with Crippen molar-refractivity contribution in [2.75, 3.05) is 0 Å². The summed E-state index contributed by atoms with van der Waals surface area (Å²) in [7, 11) is 0. The maximum atomic E-state index is 12.7. The van der Waals surface area contributed by atoms with E-state index in [4.69, 9.17) is 0 Å². The van der Waals surface area contributed by atoms with Crippen molar-refractivity contribution >= 4 is 11.8 Å². The van der Waals surface area contributed by atoms with Gasteiger partial charge < -0.3 is 0 Å². The van der Waals surface area contributed by atoms with Crippen molar-refractivity contribution in [1.29, 1.82) is 0 Å². The summed E-state index contributed by atoms with van der Waals surface area (Å²) >= 11 is 1.36. The van der Waals surface area contributed by atoms with E-state index in [2.05, 4.69) is 10.2 Å². The molecule has 3 rings (SSSR count). The average Bonchev–Trinajstić information content (AvgIpc) is 2.61. The molecular weight excluding hydrogens is 333 g/mol. The smallest absolute Gasteiger partial charge is 0.166 e. The van der Waals surface area contributed by atoms with Crippen LogP contribution in [-0.2, 0) is 11.9 Å². The zero-order valence-electron chi connectivity index (χ0n) is 12.5. The number of rotatable bonds is 4. The second kappa shape index (κ2) is 7.05. The van der Waals surface area contributed by atoms with Crippen LogP contribution in [0, 0.1) is 0 Å². The molecule has 0 saturated carbocycles. The molecule has 0 aliphatic carbocycles. The predicted octanol–water partition coefficient (Wildman–Crippen LogP) is 5.45. The Balaban J connectivity index is 1.67. The van der Waals surface area contributed by atoms with Crippen molar-refractivity contribution in [2.45, 2.75) is 17.0 Å². The molecule has 3 aromatic rings. The number of hydrogen-bond donors (Lipinski definition) is 0.